The molecular formula is C17H15FN6O. The molecule has 0 radical (unpaired) electrons. The zero-order chi connectivity index (χ0) is 17.8. The standard InChI is InChI=1S/C17H15FN6O/c1-11(17-21-22-23-24(17)2)20-13-7-8-16(14(18)9-13)25-15-6-4-3-5-12(15)10-19/h3-9,11,20H,1-2H3/t11-/m1/s1. The lowest BCUT2D eigenvalue weighted by Gasteiger charge is -2.15. The monoisotopic (exact) mass is 338 g/mol. The molecule has 1 aromatic heterocycles. The first-order valence-corrected chi connectivity index (χ1v) is 7.54. The highest BCUT2D eigenvalue weighted by Gasteiger charge is 2.14. The number of nitrogens with one attached hydrogen (secondary N) is 1. The molecule has 25 heavy (non-hydrogen) atoms. The van der Waals surface area contributed by atoms with Gasteiger partial charge in [-0.15, -0.1) is 5.10 Å². The van der Waals surface area contributed by atoms with E-state index in [2.05, 4.69) is 20.8 Å². The lowest BCUT2D eigenvalue weighted by molar-refractivity contribution is 0.441. The number of anilines is 1. The fourth-order valence-electron chi connectivity index (χ4n) is 2.36. The van der Waals surface area contributed by atoms with Crippen LogP contribution in [0.4, 0.5) is 10.1 Å². The highest BCUT2D eigenvalue weighted by atomic mass is 19.1. The summed E-state index contributed by atoms with van der Waals surface area (Å²) < 4.78 is 21.4. The number of hydrogen-bond acceptors (Lipinski definition) is 6. The molecule has 0 aliphatic carbocycles. The molecular weight excluding hydrogens is 323 g/mol. The van der Waals surface area contributed by atoms with Gasteiger partial charge in [-0.25, -0.2) is 9.07 Å². The quantitative estimate of drug-likeness (QED) is 0.768. The van der Waals surface area contributed by atoms with Crippen molar-refractivity contribution in [1.82, 2.24) is 20.2 Å². The number of hydrogen-bond donors (Lipinski definition) is 1. The summed E-state index contributed by atoms with van der Waals surface area (Å²) in [6.07, 6.45) is 0. The fourth-order valence-corrected chi connectivity index (χ4v) is 2.36. The summed E-state index contributed by atoms with van der Waals surface area (Å²) in [5.41, 5.74) is 0.904. The summed E-state index contributed by atoms with van der Waals surface area (Å²) in [6, 6.07) is 13.0. The third-order valence-electron chi connectivity index (χ3n) is 3.58. The Morgan fingerprint density at radius 3 is 2.72 bits per heavy atom. The van der Waals surface area contributed by atoms with Gasteiger partial charge in [-0.2, -0.15) is 5.26 Å². The Bertz CT molecular complexity index is 933. The van der Waals surface area contributed by atoms with Gasteiger partial charge >= 0.3 is 0 Å². The van der Waals surface area contributed by atoms with Gasteiger partial charge in [0.25, 0.3) is 0 Å². The number of nitrogens with zero attached hydrogens (tertiary/aromatic N) is 5. The van der Waals surface area contributed by atoms with Crippen molar-refractivity contribution in [3.05, 3.63) is 59.7 Å². The average Bonchev–Trinajstić information content (AvgIpc) is 3.04. The molecule has 0 fully saturated rings. The second kappa shape index (κ2) is 6.97. The van der Waals surface area contributed by atoms with E-state index in [-0.39, 0.29) is 11.8 Å². The van der Waals surface area contributed by atoms with Crippen LogP contribution in [0.5, 0.6) is 11.5 Å². The van der Waals surface area contributed by atoms with E-state index in [1.54, 1.807) is 42.1 Å². The second-order valence-corrected chi connectivity index (χ2v) is 5.38. The van der Waals surface area contributed by atoms with Gasteiger partial charge in [-0.1, -0.05) is 12.1 Å². The van der Waals surface area contributed by atoms with Crippen LogP contribution in [0.15, 0.2) is 42.5 Å². The van der Waals surface area contributed by atoms with E-state index in [4.69, 9.17) is 10.00 Å². The van der Waals surface area contributed by atoms with E-state index in [9.17, 15) is 4.39 Å². The highest BCUT2D eigenvalue weighted by Crippen LogP contribution is 2.29. The van der Waals surface area contributed by atoms with E-state index >= 15 is 0 Å². The summed E-state index contributed by atoms with van der Waals surface area (Å²) in [6.45, 7) is 1.87. The van der Waals surface area contributed by atoms with Crippen LogP contribution < -0.4 is 10.1 Å². The number of aromatic nitrogens is 4. The van der Waals surface area contributed by atoms with Crippen LogP contribution in [0.25, 0.3) is 0 Å². The SMILES string of the molecule is C[C@@H](Nc1ccc(Oc2ccccc2C#N)c(F)c1)c1nnnn1C. The molecule has 1 atom stereocenters. The number of benzene rings is 2. The predicted octanol–water partition coefficient (Wildman–Crippen LogP) is 3.19. The largest absolute Gasteiger partial charge is 0.453 e. The molecule has 0 spiro atoms. The molecule has 1 heterocycles. The summed E-state index contributed by atoms with van der Waals surface area (Å²) >= 11 is 0. The molecule has 0 unspecified atom stereocenters. The van der Waals surface area contributed by atoms with E-state index in [0.29, 0.717) is 22.8 Å². The van der Waals surface area contributed by atoms with Crippen molar-refractivity contribution in [3.8, 4) is 17.6 Å². The number of aryl methyl sites for hydroxylation is 1. The van der Waals surface area contributed by atoms with Crippen molar-refractivity contribution >= 4 is 5.69 Å². The summed E-state index contributed by atoms with van der Waals surface area (Å²) in [4.78, 5) is 0. The third-order valence-corrected chi connectivity index (χ3v) is 3.58. The van der Waals surface area contributed by atoms with Gasteiger partial charge in [-0.3, -0.25) is 0 Å². The Labute approximate surface area is 143 Å². The molecule has 2 aromatic carbocycles. The Balaban J connectivity index is 1.77. The van der Waals surface area contributed by atoms with Gasteiger partial charge in [0.1, 0.15) is 11.8 Å². The molecule has 3 aromatic rings. The summed E-state index contributed by atoms with van der Waals surface area (Å²) in [5.74, 6) is 0.439. The molecule has 3 rings (SSSR count). The molecule has 0 saturated carbocycles. The minimum Gasteiger partial charge on any atom is -0.453 e. The molecule has 0 amide bonds. The molecule has 0 aliphatic heterocycles. The van der Waals surface area contributed by atoms with Crippen molar-refractivity contribution in [1.29, 1.82) is 5.26 Å². The molecule has 7 nitrogen and oxygen atoms in total. The number of rotatable bonds is 5. The van der Waals surface area contributed by atoms with E-state index in [1.807, 2.05) is 13.0 Å². The first kappa shape index (κ1) is 16.4. The number of ether oxygens (including phenoxy) is 1. The molecule has 126 valence electrons. The maximum absolute atomic E-state index is 14.4. The normalized spacial score (nSPS) is 11.6. The number of halogens is 1. The Kier molecular flexibility index (Phi) is 4.57. The first-order valence-electron chi connectivity index (χ1n) is 7.54. The van der Waals surface area contributed by atoms with Gasteiger partial charge in [0, 0.05) is 18.8 Å². The molecule has 0 aliphatic rings. The molecule has 1 N–H and O–H groups in total. The Morgan fingerprint density at radius 2 is 2.04 bits per heavy atom. The van der Waals surface area contributed by atoms with E-state index < -0.39 is 5.82 Å². The van der Waals surface area contributed by atoms with Gasteiger partial charge < -0.3 is 10.1 Å². The minimum absolute atomic E-state index is 0.0428. The second-order valence-electron chi connectivity index (χ2n) is 5.38. The maximum Gasteiger partial charge on any atom is 0.173 e. The van der Waals surface area contributed by atoms with Crippen LogP contribution in [0.1, 0.15) is 24.4 Å². The van der Waals surface area contributed by atoms with Gasteiger partial charge in [0.15, 0.2) is 17.4 Å². The minimum atomic E-state index is -0.541. The number of tetrazole rings is 1. The zero-order valence-corrected chi connectivity index (χ0v) is 13.6. The van der Waals surface area contributed by atoms with Gasteiger partial charge in [0.2, 0.25) is 0 Å². The lowest BCUT2D eigenvalue weighted by Crippen LogP contribution is -2.12. The van der Waals surface area contributed by atoms with Crippen molar-refractivity contribution in [2.24, 2.45) is 7.05 Å². The highest BCUT2D eigenvalue weighted by molar-refractivity contribution is 5.50. The topological polar surface area (TPSA) is 88.7 Å². The molecule has 0 bridgehead atoms. The van der Waals surface area contributed by atoms with Crippen LogP contribution in [-0.4, -0.2) is 20.2 Å². The third kappa shape index (κ3) is 3.55. The van der Waals surface area contributed by atoms with Crippen LogP contribution in [0.3, 0.4) is 0 Å². The van der Waals surface area contributed by atoms with Crippen molar-refractivity contribution in [3.63, 3.8) is 0 Å². The van der Waals surface area contributed by atoms with Crippen molar-refractivity contribution in [2.45, 2.75) is 13.0 Å². The Hall–Kier alpha value is -3.47. The average molecular weight is 338 g/mol. The van der Waals surface area contributed by atoms with Crippen molar-refractivity contribution < 1.29 is 9.13 Å². The number of para-hydroxylation sites is 1. The zero-order valence-electron chi connectivity index (χ0n) is 13.6. The van der Waals surface area contributed by atoms with Crippen LogP contribution in [-0.2, 0) is 7.05 Å². The summed E-state index contributed by atoms with van der Waals surface area (Å²) in [5, 5.41) is 23.5. The predicted molar refractivity (Wildman–Crippen MR) is 88.5 cm³/mol. The van der Waals surface area contributed by atoms with E-state index in [0.717, 1.165) is 0 Å². The fraction of sp³-hybridized carbons (Fsp3) is 0.176. The smallest absolute Gasteiger partial charge is 0.173 e. The van der Waals surface area contributed by atoms with Crippen molar-refractivity contribution in [2.75, 3.05) is 5.32 Å². The van der Waals surface area contributed by atoms with Crippen LogP contribution >= 0.6 is 0 Å². The summed E-state index contributed by atoms with van der Waals surface area (Å²) in [7, 11) is 1.73. The lowest BCUT2D eigenvalue weighted by atomic mass is 10.2. The maximum atomic E-state index is 14.4. The molecule has 8 heteroatoms. The van der Waals surface area contributed by atoms with Gasteiger partial charge in [-0.05, 0) is 41.6 Å². The number of nitriles is 1. The molecule has 0 saturated heterocycles. The van der Waals surface area contributed by atoms with Crippen LogP contribution in [0, 0.1) is 17.1 Å². The first-order chi connectivity index (χ1) is 12.1. The van der Waals surface area contributed by atoms with E-state index in [1.165, 1.54) is 12.1 Å². The van der Waals surface area contributed by atoms with Crippen LogP contribution in [0.2, 0.25) is 0 Å². The van der Waals surface area contributed by atoms with Gasteiger partial charge in [0.05, 0.1) is 11.6 Å². The Morgan fingerprint density at radius 1 is 1.24 bits per heavy atom.